The minimum atomic E-state index is 0.290. The number of thiophene rings is 1. The molecule has 1 aliphatic carbocycles. The second-order valence-corrected chi connectivity index (χ2v) is 7.97. The average Bonchev–Trinajstić information content (AvgIpc) is 3.08. The maximum atomic E-state index is 12.8. The van der Waals surface area contributed by atoms with Crippen molar-refractivity contribution in [2.75, 3.05) is 26.2 Å². The molecule has 4 heteroatoms. The predicted molar refractivity (Wildman–Crippen MR) is 85.9 cm³/mol. The van der Waals surface area contributed by atoms with Crippen molar-refractivity contribution in [3.8, 4) is 0 Å². The number of piperidine rings is 1. The number of nitrogens with one attached hydrogen (secondary N) is 1. The van der Waals surface area contributed by atoms with E-state index in [2.05, 4.69) is 16.3 Å². The van der Waals surface area contributed by atoms with Crippen molar-refractivity contribution >= 4 is 17.2 Å². The summed E-state index contributed by atoms with van der Waals surface area (Å²) in [7, 11) is 0. The van der Waals surface area contributed by atoms with Gasteiger partial charge in [0.15, 0.2) is 0 Å². The molecule has 2 unspecified atom stereocenters. The Morgan fingerprint density at radius 3 is 3.00 bits per heavy atom. The Bertz CT molecular complexity index is 515. The number of carbonyl (C=O) groups is 1. The van der Waals surface area contributed by atoms with Crippen LogP contribution < -0.4 is 5.32 Å². The molecule has 0 saturated carbocycles. The fourth-order valence-corrected chi connectivity index (χ4v) is 5.37. The highest BCUT2D eigenvalue weighted by Gasteiger charge is 2.35. The van der Waals surface area contributed by atoms with Crippen molar-refractivity contribution in [1.82, 2.24) is 10.2 Å². The third-order valence-corrected chi connectivity index (χ3v) is 6.67. The second-order valence-electron chi connectivity index (χ2n) is 6.84. The van der Waals surface area contributed by atoms with E-state index in [1.807, 2.05) is 0 Å². The van der Waals surface area contributed by atoms with Gasteiger partial charge in [-0.15, -0.1) is 11.3 Å². The molecule has 2 atom stereocenters. The van der Waals surface area contributed by atoms with E-state index in [4.69, 9.17) is 0 Å². The number of carbonyl (C=O) groups excluding carboxylic acids is 1. The van der Waals surface area contributed by atoms with Gasteiger partial charge in [0, 0.05) is 18.0 Å². The Kier molecular flexibility index (Phi) is 3.76. The molecule has 2 saturated heterocycles. The van der Waals surface area contributed by atoms with E-state index in [0.29, 0.717) is 11.8 Å². The normalized spacial score (nSPS) is 28.9. The Balaban J connectivity index is 1.49. The molecule has 0 aromatic carbocycles. The van der Waals surface area contributed by atoms with E-state index in [0.717, 1.165) is 37.0 Å². The summed E-state index contributed by atoms with van der Waals surface area (Å²) in [5.74, 6) is 1.77. The molecule has 2 fully saturated rings. The fourth-order valence-electron chi connectivity index (χ4n) is 4.15. The largest absolute Gasteiger partial charge is 0.338 e. The van der Waals surface area contributed by atoms with E-state index in [9.17, 15) is 4.79 Å². The van der Waals surface area contributed by atoms with Crippen LogP contribution >= 0.6 is 11.3 Å². The summed E-state index contributed by atoms with van der Waals surface area (Å²) >= 11 is 1.77. The number of likely N-dealkylation sites (tertiary alicyclic amines) is 1. The van der Waals surface area contributed by atoms with Gasteiger partial charge in [0.1, 0.15) is 0 Å². The van der Waals surface area contributed by atoms with Crippen molar-refractivity contribution < 1.29 is 4.79 Å². The summed E-state index contributed by atoms with van der Waals surface area (Å²) < 4.78 is 0. The van der Waals surface area contributed by atoms with E-state index in [-0.39, 0.29) is 0 Å². The zero-order valence-electron chi connectivity index (χ0n) is 12.6. The summed E-state index contributed by atoms with van der Waals surface area (Å²) in [5, 5.41) is 3.47. The monoisotopic (exact) mass is 304 g/mol. The molecule has 0 radical (unpaired) electrons. The van der Waals surface area contributed by atoms with Gasteiger partial charge >= 0.3 is 0 Å². The lowest BCUT2D eigenvalue weighted by molar-refractivity contribution is 0.0647. The van der Waals surface area contributed by atoms with Crippen LogP contribution in [0.2, 0.25) is 0 Å². The molecule has 0 bridgehead atoms. The molecular weight excluding hydrogens is 280 g/mol. The fraction of sp³-hybridized carbons (Fsp3) is 0.706. The van der Waals surface area contributed by atoms with Gasteiger partial charge in [0.25, 0.3) is 5.91 Å². The molecule has 3 nitrogen and oxygen atoms in total. The molecule has 21 heavy (non-hydrogen) atoms. The summed E-state index contributed by atoms with van der Waals surface area (Å²) in [5.41, 5.74) is 1.46. The zero-order valence-corrected chi connectivity index (χ0v) is 13.4. The third kappa shape index (κ3) is 2.64. The number of hydrogen-bond acceptors (Lipinski definition) is 3. The molecule has 1 N–H and O–H groups in total. The number of aryl methyl sites for hydroxylation is 2. The first kappa shape index (κ1) is 13.8. The van der Waals surface area contributed by atoms with Crippen LogP contribution in [0.25, 0.3) is 0 Å². The van der Waals surface area contributed by atoms with E-state index >= 15 is 0 Å². The van der Waals surface area contributed by atoms with Crippen LogP contribution in [0, 0.1) is 11.8 Å². The first-order valence-electron chi connectivity index (χ1n) is 8.43. The van der Waals surface area contributed by atoms with E-state index in [1.165, 1.54) is 49.0 Å². The van der Waals surface area contributed by atoms with Gasteiger partial charge in [0.2, 0.25) is 0 Å². The van der Waals surface area contributed by atoms with Crippen LogP contribution in [0.1, 0.15) is 45.8 Å². The Morgan fingerprint density at radius 1 is 1.19 bits per heavy atom. The van der Waals surface area contributed by atoms with Gasteiger partial charge < -0.3 is 10.2 Å². The first-order chi connectivity index (χ1) is 10.3. The van der Waals surface area contributed by atoms with Crippen molar-refractivity contribution in [1.29, 1.82) is 0 Å². The lowest BCUT2D eigenvalue weighted by Crippen LogP contribution is -2.43. The Labute approximate surface area is 130 Å². The lowest BCUT2D eigenvalue weighted by Gasteiger charge is -2.34. The summed E-state index contributed by atoms with van der Waals surface area (Å²) in [6.45, 7) is 4.15. The third-order valence-electron chi connectivity index (χ3n) is 5.45. The van der Waals surface area contributed by atoms with Gasteiger partial charge in [0.05, 0.1) is 4.88 Å². The molecule has 2 aliphatic heterocycles. The van der Waals surface area contributed by atoms with E-state index in [1.54, 1.807) is 11.3 Å². The number of hydrogen-bond donors (Lipinski definition) is 1. The van der Waals surface area contributed by atoms with Crippen LogP contribution in [-0.2, 0) is 12.8 Å². The highest BCUT2D eigenvalue weighted by Crippen LogP contribution is 2.32. The van der Waals surface area contributed by atoms with Gasteiger partial charge in [-0.05, 0) is 68.7 Å². The van der Waals surface area contributed by atoms with Crippen molar-refractivity contribution in [3.05, 3.63) is 21.4 Å². The van der Waals surface area contributed by atoms with Crippen LogP contribution in [0.3, 0.4) is 0 Å². The maximum absolute atomic E-state index is 12.8. The number of fused-ring (bicyclic) bond motifs is 2. The van der Waals surface area contributed by atoms with E-state index < -0.39 is 0 Å². The van der Waals surface area contributed by atoms with Gasteiger partial charge in [-0.1, -0.05) is 6.42 Å². The molecule has 3 heterocycles. The molecule has 4 rings (SSSR count). The van der Waals surface area contributed by atoms with Gasteiger partial charge in [-0.2, -0.15) is 0 Å². The van der Waals surface area contributed by atoms with Crippen LogP contribution in [0.5, 0.6) is 0 Å². The Hall–Kier alpha value is -0.870. The average molecular weight is 304 g/mol. The standard InChI is InChI=1S/C17H24N2OS/c20-17(19-7-6-13-9-18-10-14(13)11-19)16-8-12-4-2-1-3-5-15(12)21-16/h8,13-14,18H,1-7,9-11H2. The van der Waals surface area contributed by atoms with Gasteiger partial charge in [-0.3, -0.25) is 4.79 Å². The Morgan fingerprint density at radius 2 is 2.05 bits per heavy atom. The summed E-state index contributed by atoms with van der Waals surface area (Å²) in [6.07, 6.45) is 7.45. The van der Waals surface area contributed by atoms with Crippen LogP contribution in [0.4, 0.5) is 0 Å². The topological polar surface area (TPSA) is 32.3 Å². The zero-order chi connectivity index (χ0) is 14.2. The van der Waals surface area contributed by atoms with Crippen LogP contribution in [0.15, 0.2) is 6.07 Å². The lowest BCUT2D eigenvalue weighted by atomic mass is 9.88. The highest BCUT2D eigenvalue weighted by atomic mass is 32.1. The minimum Gasteiger partial charge on any atom is -0.338 e. The summed E-state index contributed by atoms with van der Waals surface area (Å²) in [4.78, 5) is 17.4. The SMILES string of the molecule is O=C(c1cc2c(s1)CCCCC2)N1CCC2CNCC2C1. The molecule has 3 aliphatic rings. The van der Waals surface area contributed by atoms with Crippen molar-refractivity contribution in [3.63, 3.8) is 0 Å². The number of amides is 1. The minimum absolute atomic E-state index is 0.290. The molecule has 1 aromatic rings. The predicted octanol–water partition coefficient (Wildman–Crippen LogP) is 2.70. The van der Waals surface area contributed by atoms with Gasteiger partial charge in [-0.25, -0.2) is 0 Å². The van der Waals surface area contributed by atoms with Crippen molar-refractivity contribution in [2.24, 2.45) is 11.8 Å². The second kappa shape index (κ2) is 5.73. The first-order valence-corrected chi connectivity index (χ1v) is 9.24. The maximum Gasteiger partial charge on any atom is 0.263 e. The molecule has 0 spiro atoms. The quantitative estimate of drug-likeness (QED) is 0.809. The molecule has 114 valence electrons. The smallest absolute Gasteiger partial charge is 0.263 e. The number of rotatable bonds is 1. The van der Waals surface area contributed by atoms with Crippen LogP contribution in [-0.4, -0.2) is 37.0 Å². The molecule has 1 aromatic heterocycles. The number of nitrogens with zero attached hydrogens (tertiary/aromatic N) is 1. The molecular formula is C17H24N2OS. The van der Waals surface area contributed by atoms with Crippen molar-refractivity contribution in [2.45, 2.75) is 38.5 Å². The highest BCUT2D eigenvalue weighted by molar-refractivity contribution is 7.14. The summed E-state index contributed by atoms with van der Waals surface area (Å²) in [6, 6.07) is 2.20. The molecule has 1 amide bonds.